The summed E-state index contributed by atoms with van der Waals surface area (Å²) in [5.74, 6) is -1.36. The lowest BCUT2D eigenvalue weighted by molar-refractivity contribution is -0.121. The number of rotatable bonds is 8. The van der Waals surface area contributed by atoms with E-state index in [-0.39, 0.29) is 43.7 Å². The lowest BCUT2D eigenvalue weighted by Crippen LogP contribution is -2.31. The van der Waals surface area contributed by atoms with Crippen molar-refractivity contribution in [3.63, 3.8) is 0 Å². The highest BCUT2D eigenvalue weighted by Gasteiger charge is 2.28. The Labute approximate surface area is 184 Å². The molecule has 0 fully saturated rings. The number of hydrogen-bond donors (Lipinski definition) is 3. The zero-order valence-electron chi connectivity index (χ0n) is 17.2. The molecule has 8 heteroatoms. The van der Waals surface area contributed by atoms with E-state index >= 15 is 0 Å². The van der Waals surface area contributed by atoms with Crippen LogP contribution in [0.2, 0.25) is 0 Å². The number of alkyl carbamates (subject to hydrolysis) is 1. The van der Waals surface area contributed by atoms with Crippen molar-refractivity contribution in [2.45, 2.75) is 18.9 Å². The molecule has 0 saturated heterocycles. The Balaban J connectivity index is 1.21. The number of carbonyl (C=O) groups is 3. The molecular weight excluding hydrogens is 412 g/mol. The quantitative estimate of drug-likeness (QED) is 0.499. The summed E-state index contributed by atoms with van der Waals surface area (Å²) in [6.07, 6.45) is -0.534. The Bertz CT molecular complexity index is 1110. The van der Waals surface area contributed by atoms with Crippen molar-refractivity contribution in [3.8, 4) is 11.1 Å². The van der Waals surface area contributed by atoms with Crippen LogP contribution in [0.1, 0.15) is 39.8 Å². The van der Waals surface area contributed by atoms with Gasteiger partial charge < -0.3 is 24.9 Å². The lowest BCUT2D eigenvalue weighted by atomic mass is 9.98. The van der Waals surface area contributed by atoms with Gasteiger partial charge in [0.05, 0.1) is 6.54 Å². The van der Waals surface area contributed by atoms with E-state index in [9.17, 15) is 14.4 Å². The van der Waals surface area contributed by atoms with Gasteiger partial charge >= 0.3 is 12.1 Å². The SMILES string of the molecule is O=C(CCNC(=O)OCC1c2ccccc2-c2ccccc21)NCc1ccc(C(=O)O)o1. The normalized spacial score (nSPS) is 12.0. The van der Waals surface area contributed by atoms with Crippen LogP contribution >= 0.6 is 0 Å². The van der Waals surface area contributed by atoms with Crippen LogP contribution in [0.3, 0.4) is 0 Å². The van der Waals surface area contributed by atoms with E-state index in [1.165, 1.54) is 12.1 Å². The van der Waals surface area contributed by atoms with Gasteiger partial charge in [-0.05, 0) is 34.4 Å². The van der Waals surface area contributed by atoms with Gasteiger partial charge in [0.2, 0.25) is 11.7 Å². The maximum Gasteiger partial charge on any atom is 0.407 e. The number of ether oxygens (including phenoxy) is 1. The zero-order chi connectivity index (χ0) is 22.5. The van der Waals surface area contributed by atoms with Crippen LogP contribution in [0.25, 0.3) is 11.1 Å². The summed E-state index contributed by atoms with van der Waals surface area (Å²) in [6, 6.07) is 19.0. The lowest BCUT2D eigenvalue weighted by Gasteiger charge is -2.14. The van der Waals surface area contributed by atoms with Crippen molar-refractivity contribution in [1.29, 1.82) is 0 Å². The fraction of sp³-hybridized carbons (Fsp3) is 0.208. The molecule has 2 aromatic carbocycles. The molecule has 3 aromatic rings. The van der Waals surface area contributed by atoms with Crippen molar-refractivity contribution in [2.24, 2.45) is 0 Å². The minimum Gasteiger partial charge on any atom is -0.475 e. The van der Waals surface area contributed by atoms with Gasteiger partial charge in [0.1, 0.15) is 12.4 Å². The molecule has 0 radical (unpaired) electrons. The highest BCUT2D eigenvalue weighted by Crippen LogP contribution is 2.44. The first-order valence-electron chi connectivity index (χ1n) is 10.2. The van der Waals surface area contributed by atoms with Crippen LogP contribution in [0.4, 0.5) is 4.79 Å². The van der Waals surface area contributed by atoms with Crippen molar-refractivity contribution >= 4 is 18.0 Å². The summed E-state index contributed by atoms with van der Waals surface area (Å²) in [5.41, 5.74) is 4.57. The number of carboxylic acid groups (broad SMARTS) is 1. The maximum absolute atomic E-state index is 12.1. The molecule has 0 atom stereocenters. The predicted molar refractivity (Wildman–Crippen MR) is 115 cm³/mol. The molecule has 4 rings (SSSR count). The van der Waals surface area contributed by atoms with Crippen LogP contribution in [-0.2, 0) is 16.1 Å². The van der Waals surface area contributed by atoms with Gasteiger partial charge in [-0.3, -0.25) is 4.79 Å². The molecule has 32 heavy (non-hydrogen) atoms. The Morgan fingerprint density at radius 1 is 0.906 bits per heavy atom. The third-order valence-corrected chi connectivity index (χ3v) is 5.30. The standard InChI is InChI=1S/C24H22N2O6/c27-22(26-13-15-9-10-21(32-15)23(28)29)11-12-25-24(30)31-14-20-18-7-3-1-5-16(18)17-6-2-4-8-19(17)20/h1-10,20H,11-14H2,(H,25,30)(H,26,27)(H,28,29). The Morgan fingerprint density at radius 2 is 1.56 bits per heavy atom. The van der Waals surface area contributed by atoms with E-state index in [4.69, 9.17) is 14.3 Å². The van der Waals surface area contributed by atoms with Gasteiger partial charge in [0.15, 0.2) is 0 Å². The molecule has 1 aliphatic rings. The van der Waals surface area contributed by atoms with Crippen LogP contribution in [0.5, 0.6) is 0 Å². The van der Waals surface area contributed by atoms with E-state index in [2.05, 4.69) is 22.8 Å². The van der Waals surface area contributed by atoms with Crippen molar-refractivity contribution in [1.82, 2.24) is 10.6 Å². The van der Waals surface area contributed by atoms with E-state index in [1.807, 2.05) is 36.4 Å². The highest BCUT2D eigenvalue weighted by atomic mass is 16.5. The number of fused-ring (bicyclic) bond motifs is 3. The molecule has 8 nitrogen and oxygen atoms in total. The molecule has 1 aromatic heterocycles. The third-order valence-electron chi connectivity index (χ3n) is 5.30. The van der Waals surface area contributed by atoms with Crippen LogP contribution in [-0.4, -0.2) is 36.2 Å². The number of nitrogens with one attached hydrogen (secondary N) is 2. The van der Waals surface area contributed by atoms with Crippen LogP contribution in [0.15, 0.2) is 65.1 Å². The summed E-state index contributed by atoms with van der Waals surface area (Å²) in [7, 11) is 0. The average Bonchev–Trinajstić information content (AvgIpc) is 3.40. The number of amides is 2. The first-order valence-corrected chi connectivity index (χ1v) is 10.2. The first kappa shape index (κ1) is 21.2. The van der Waals surface area contributed by atoms with E-state index in [1.54, 1.807) is 0 Å². The first-order chi connectivity index (χ1) is 15.5. The molecule has 3 N–H and O–H groups in total. The number of carboxylic acids is 1. The molecule has 164 valence electrons. The Hall–Kier alpha value is -4.07. The largest absolute Gasteiger partial charge is 0.475 e. The molecule has 0 spiro atoms. The molecule has 1 heterocycles. The monoisotopic (exact) mass is 434 g/mol. The number of carbonyl (C=O) groups excluding carboxylic acids is 2. The smallest absolute Gasteiger partial charge is 0.407 e. The second kappa shape index (κ2) is 9.38. The molecule has 0 saturated carbocycles. The van der Waals surface area contributed by atoms with Gasteiger partial charge in [-0.2, -0.15) is 0 Å². The highest BCUT2D eigenvalue weighted by molar-refractivity contribution is 5.84. The topological polar surface area (TPSA) is 118 Å². The fourth-order valence-corrected chi connectivity index (χ4v) is 3.79. The van der Waals surface area contributed by atoms with Crippen LogP contribution < -0.4 is 10.6 Å². The molecule has 2 amide bonds. The predicted octanol–water partition coefficient (Wildman–Crippen LogP) is 3.52. The maximum atomic E-state index is 12.1. The number of aromatic carboxylic acids is 1. The number of hydrogen-bond acceptors (Lipinski definition) is 5. The van der Waals surface area contributed by atoms with Gasteiger partial charge in [-0.25, -0.2) is 9.59 Å². The summed E-state index contributed by atoms with van der Waals surface area (Å²) in [6.45, 7) is 0.383. The molecular formula is C24H22N2O6. The summed E-state index contributed by atoms with van der Waals surface area (Å²) >= 11 is 0. The van der Waals surface area contributed by atoms with Gasteiger partial charge in [-0.1, -0.05) is 48.5 Å². The molecule has 1 aliphatic carbocycles. The third kappa shape index (κ3) is 4.64. The minimum absolute atomic E-state index is 0.0274. The number of benzene rings is 2. The van der Waals surface area contributed by atoms with Crippen molar-refractivity contribution in [3.05, 3.63) is 83.3 Å². The van der Waals surface area contributed by atoms with E-state index in [0.717, 1.165) is 22.3 Å². The van der Waals surface area contributed by atoms with Gasteiger partial charge in [0.25, 0.3) is 0 Å². The molecule has 0 aliphatic heterocycles. The van der Waals surface area contributed by atoms with E-state index < -0.39 is 12.1 Å². The van der Waals surface area contributed by atoms with Crippen molar-refractivity contribution in [2.75, 3.05) is 13.2 Å². The summed E-state index contributed by atoms with van der Waals surface area (Å²) in [5, 5.41) is 14.0. The fourth-order valence-electron chi connectivity index (χ4n) is 3.79. The summed E-state index contributed by atoms with van der Waals surface area (Å²) in [4.78, 5) is 34.8. The second-order valence-corrected chi connectivity index (χ2v) is 7.35. The summed E-state index contributed by atoms with van der Waals surface area (Å²) < 4.78 is 10.5. The molecule has 0 unspecified atom stereocenters. The Kier molecular flexibility index (Phi) is 6.21. The zero-order valence-corrected chi connectivity index (χ0v) is 17.2. The van der Waals surface area contributed by atoms with Crippen molar-refractivity contribution < 1.29 is 28.6 Å². The van der Waals surface area contributed by atoms with E-state index in [0.29, 0.717) is 5.76 Å². The molecule has 0 bridgehead atoms. The average molecular weight is 434 g/mol. The second-order valence-electron chi connectivity index (χ2n) is 7.35. The Morgan fingerprint density at radius 3 is 2.19 bits per heavy atom. The van der Waals surface area contributed by atoms with Gasteiger partial charge in [-0.15, -0.1) is 0 Å². The van der Waals surface area contributed by atoms with Gasteiger partial charge in [0, 0.05) is 18.9 Å². The minimum atomic E-state index is -1.17. The van der Waals surface area contributed by atoms with Crippen LogP contribution in [0, 0.1) is 0 Å². The number of furan rings is 1.